The number of ether oxygens (including phenoxy) is 1. The van der Waals surface area contributed by atoms with E-state index < -0.39 is 0 Å². The van der Waals surface area contributed by atoms with Crippen molar-refractivity contribution in [3.05, 3.63) is 18.0 Å². The van der Waals surface area contributed by atoms with Crippen molar-refractivity contribution in [2.45, 2.75) is 46.4 Å². The van der Waals surface area contributed by atoms with Gasteiger partial charge in [-0.2, -0.15) is 5.10 Å². The zero-order valence-corrected chi connectivity index (χ0v) is 10.7. The monoisotopic (exact) mass is 225 g/mol. The summed E-state index contributed by atoms with van der Waals surface area (Å²) in [5.74, 6) is 0. The third-order valence-corrected chi connectivity index (χ3v) is 2.27. The van der Waals surface area contributed by atoms with Gasteiger partial charge in [-0.05, 0) is 33.3 Å². The molecule has 4 heteroatoms. The Morgan fingerprint density at radius 2 is 2.19 bits per heavy atom. The Morgan fingerprint density at radius 3 is 2.75 bits per heavy atom. The number of hydrogen-bond acceptors (Lipinski definition) is 3. The number of nitrogens with one attached hydrogen (secondary N) is 1. The Kier molecular flexibility index (Phi) is 5.49. The highest BCUT2D eigenvalue weighted by Gasteiger charge is 2.03. The summed E-state index contributed by atoms with van der Waals surface area (Å²) in [5.41, 5.74) is 1.20. The zero-order valence-electron chi connectivity index (χ0n) is 10.7. The van der Waals surface area contributed by atoms with Gasteiger partial charge >= 0.3 is 0 Å². The highest BCUT2D eigenvalue weighted by atomic mass is 16.5. The number of nitrogens with zero attached hydrogens (tertiary/aromatic N) is 2. The van der Waals surface area contributed by atoms with Crippen LogP contribution in [0.1, 0.15) is 26.3 Å². The molecule has 0 aliphatic carbocycles. The quantitative estimate of drug-likeness (QED) is 0.716. The van der Waals surface area contributed by atoms with E-state index in [0.29, 0.717) is 12.1 Å². The van der Waals surface area contributed by atoms with Crippen molar-refractivity contribution in [3.63, 3.8) is 0 Å². The molecular weight excluding hydrogens is 202 g/mol. The summed E-state index contributed by atoms with van der Waals surface area (Å²) >= 11 is 0. The molecule has 1 rings (SSSR count). The van der Waals surface area contributed by atoms with Gasteiger partial charge in [0.1, 0.15) is 0 Å². The van der Waals surface area contributed by atoms with Gasteiger partial charge in [0.25, 0.3) is 0 Å². The van der Waals surface area contributed by atoms with E-state index >= 15 is 0 Å². The first-order valence-corrected chi connectivity index (χ1v) is 5.92. The van der Waals surface area contributed by atoms with E-state index in [9.17, 15) is 0 Å². The van der Waals surface area contributed by atoms with Crippen LogP contribution in [0.5, 0.6) is 0 Å². The molecule has 1 aromatic rings. The molecule has 1 N–H and O–H groups in total. The van der Waals surface area contributed by atoms with Crippen LogP contribution in [0.4, 0.5) is 0 Å². The van der Waals surface area contributed by atoms with Gasteiger partial charge in [-0.25, -0.2) is 0 Å². The molecule has 1 unspecified atom stereocenters. The molecule has 0 saturated carbocycles. The summed E-state index contributed by atoms with van der Waals surface area (Å²) in [6.45, 7) is 10.9. The summed E-state index contributed by atoms with van der Waals surface area (Å²) in [6, 6.07) is 0.412. The molecule has 0 aliphatic rings. The summed E-state index contributed by atoms with van der Waals surface area (Å²) in [6.07, 6.45) is 4.25. The maximum atomic E-state index is 5.46. The average Bonchev–Trinajstić information content (AvgIpc) is 2.58. The van der Waals surface area contributed by atoms with Crippen molar-refractivity contribution in [2.24, 2.45) is 0 Å². The summed E-state index contributed by atoms with van der Waals surface area (Å²) in [5, 5.41) is 7.67. The van der Waals surface area contributed by atoms with E-state index in [1.54, 1.807) is 0 Å². The molecule has 1 heterocycles. The van der Waals surface area contributed by atoms with Crippen LogP contribution in [0.3, 0.4) is 0 Å². The molecular formula is C12H23N3O. The molecule has 4 nitrogen and oxygen atoms in total. The van der Waals surface area contributed by atoms with Crippen molar-refractivity contribution in [3.8, 4) is 0 Å². The van der Waals surface area contributed by atoms with Crippen molar-refractivity contribution in [1.29, 1.82) is 0 Å². The normalized spacial score (nSPS) is 13.3. The first kappa shape index (κ1) is 13.2. The van der Waals surface area contributed by atoms with Crippen LogP contribution in [0.25, 0.3) is 0 Å². The standard InChI is InChI=1S/C12H23N3O/c1-10(2)16-6-5-13-12(4)9-15-8-11(3)7-14-15/h7-8,10,12-13H,5-6,9H2,1-4H3. The second kappa shape index (κ2) is 6.66. The average molecular weight is 225 g/mol. The lowest BCUT2D eigenvalue weighted by Gasteiger charge is -2.14. The maximum Gasteiger partial charge on any atom is 0.0594 e. The lowest BCUT2D eigenvalue weighted by atomic mass is 10.3. The van der Waals surface area contributed by atoms with E-state index in [0.717, 1.165) is 19.7 Å². The van der Waals surface area contributed by atoms with Gasteiger partial charge in [-0.3, -0.25) is 4.68 Å². The van der Waals surface area contributed by atoms with Crippen LogP contribution in [-0.4, -0.2) is 35.1 Å². The molecule has 16 heavy (non-hydrogen) atoms. The number of aryl methyl sites for hydroxylation is 1. The minimum absolute atomic E-state index is 0.311. The minimum Gasteiger partial charge on any atom is -0.377 e. The van der Waals surface area contributed by atoms with Gasteiger partial charge in [0, 0.05) is 18.8 Å². The van der Waals surface area contributed by atoms with Gasteiger partial charge in [0.2, 0.25) is 0 Å². The summed E-state index contributed by atoms with van der Waals surface area (Å²) in [4.78, 5) is 0. The molecule has 0 saturated heterocycles. The Morgan fingerprint density at radius 1 is 1.44 bits per heavy atom. The van der Waals surface area contributed by atoms with E-state index in [-0.39, 0.29) is 0 Å². The van der Waals surface area contributed by atoms with Crippen molar-refractivity contribution in [1.82, 2.24) is 15.1 Å². The molecule has 0 aromatic carbocycles. The Labute approximate surface area is 98.0 Å². The first-order valence-electron chi connectivity index (χ1n) is 5.92. The second-order valence-electron chi connectivity index (χ2n) is 4.51. The van der Waals surface area contributed by atoms with E-state index in [2.05, 4.69) is 44.3 Å². The molecule has 0 radical (unpaired) electrons. The predicted molar refractivity (Wildman–Crippen MR) is 65.5 cm³/mol. The van der Waals surface area contributed by atoms with Crippen molar-refractivity contribution < 1.29 is 4.74 Å². The third kappa shape index (κ3) is 5.28. The van der Waals surface area contributed by atoms with Crippen LogP contribution in [0, 0.1) is 6.92 Å². The number of aromatic nitrogens is 2. The highest BCUT2D eigenvalue weighted by molar-refractivity contribution is 4.99. The smallest absolute Gasteiger partial charge is 0.0594 e. The van der Waals surface area contributed by atoms with Crippen molar-refractivity contribution in [2.75, 3.05) is 13.2 Å². The molecule has 0 fully saturated rings. The Balaban J connectivity index is 2.13. The zero-order chi connectivity index (χ0) is 12.0. The van der Waals surface area contributed by atoms with Crippen LogP contribution in [0.15, 0.2) is 12.4 Å². The fraction of sp³-hybridized carbons (Fsp3) is 0.750. The van der Waals surface area contributed by atoms with Gasteiger partial charge in [-0.15, -0.1) is 0 Å². The third-order valence-electron chi connectivity index (χ3n) is 2.27. The molecule has 0 aliphatic heterocycles. The van der Waals surface area contributed by atoms with Gasteiger partial charge in [-0.1, -0.05) is 0 Å². The molecule has 0 spiro atoms. The lowest BCUT2D eigenvalue weighted by Crippen LogP contribution is -2.33. The first-order chi connectivity index (χ1) is 7.58. The topological polar surface area (TPSA) is 39.1 Å². The molecule has 92 valence electrons. The van der Waals surface area contributed by atoms with E-state index in [1.165, 1.54) is 5.56 Å². The predicted octanol–water partition coefficient (Wildman–Crippen LogP) is 1.59. The summed E-state index contributed by atoms with van der Waals surface area (Å²) in [7, 11) is 0. The van der Waals surface area contributed by atoms with Gasteiger partial charge < -0.3 is 10.1 Å². The molecule has 1 atom stereocenters. The maximum absolute atomic E-state index is 5.46. The van der Waals surface area contributed by atoms with E-state index in [4.69, 9.17) is 4.74 Å². The van der Waals surface area contributed by atoms with Crippen LogP contribution < -0.4 is 5.32 Å². The number of rotatable bonds is 7. The molecule has 0 bridgehead atoms. The Bertz CT molecular complexity index is 296. The number of hydrogen-bond donors (Lipinski definition) is 1. The summed E-state index contributed by atoms with van der Waals surface area (Å²) < 4.78 is 7.43. The second-order valence-corrected chi connectivity index (χ2v) is 4.51. The minimum atomic E-state index is 0.311. The largest absolute Gasteiger partial charge is 0.377 e. The van der Waals surface area contributed by atoms with Crippen LogP contribution in [-0.2, 0) is 11.3 Å². The molecule has 1 aromatic heterocycles. The SMILES string of the molecule is Cc1cnn(CC(C)NCCOC(C)C)c1. The van der Waals surface area contributed by atoms with E-state index in [1.807, 2.05) is 10.9 Å². The van der Waals surface area contributed by atoms with Gasteiger partial charge in [0.15, 0.2) is 0 Å². The molecule has 0 amide bonds. The fourth-order valence-corrected chi connectivity index (χ4v) is 1.51. The Hall–Kier alpha value is -0.870. The van der Waals surface area contributed by atoms with Crippen LogP contribution >= 0.6 is 0 Å². The fourth-order valence-electron chi connectivity index (χ4n) is 1.51. The van der Waals surface area contributed by atoms with Crippen molar-refractivity contribution >= 4 is 0 Å². The highest BCUT2D eigenvalue weighted by Crippen LogP contribution is 1.96. The lowest BCUT2D eigenvalue weighted by molar-refractivity contribution is 0.0792. The van der Waals surface area contributed by atoms with Crippen LogP contribution in [0.2, 0.25) is 0 Å². The van der Waals surface area contributed by atoms with Gasteiger partial charge in [0.05, 0.1) is 25.5 Å².